The van der Waals surface area contributed by atoms with Gasteiger partial charge in [-0.25, -0.2) is 0 Å². The first kappa shape index (κ1) is 14.1. The summed E-state index contributed by atoms with van der Waals surface area (Å²) >= 11 is 0. The van der Waals surface area contributed by atoms with Gasteiger partial charge in [0, 0.05) is 25.8 Å². The molecule has 2 atom stereocenters. The van der Waals surface area contributed by atoms with Crippen molar-refractivity contribution in [1.29, 1.82) is 0 Å². The van der Waals surface area contributed by atoms with Crippen molar-refractivity contribution in [3.05, 3.63) is 30.3 Å². The van der Waals surface area contributed by atoms with Crippen molar-refractivity contribution in [2.45, 2.75) is 25.7 Å². The topological polar surface area (TPSA) is 40.6 Å². The number of hydrogen-bond acceptors (Lipinski definition) is 2. The van der Waals surface area contributed by atoms with Crippen molar-refractivity contribution in [3.8, 4) is 0 Å². The molecule has 0 spiro atoms. The zero-order valence-corrected chi connectivity index (χ0v) is 12.5. The van der Waals surface area contributed by atoms with Gasteiger partial charge < -0.3 is 9.80 Å². The predicted octanol–water partition coefficient (Wildman–Crippen LogP) is 2.30. The standard InChI is InChI=1S/C17H22N2O2/c1-18(13-8-4-2-5-9-13)16(20)14-12-15(14)17(21)19-10-6-3-7-11-19/h2,4-5,8-9,14-15H,3,6-7,10-12H2,1H3. The molecular weight excluding hydrogens is 264 g/mol. The first-order chi connectivity index (χ1) is 10.2. The predicted molar refractivity (Wildman–Crippen MR) is 81.9 cm³/mol. The second-order valence-corrected chi connectivity index (χ2v) is 6.07. The Morgan fingerprint density at radius 2 is 1.71 bits per heavy atom. The van der Waals surface area contributed by atoms with Crippen LogP contribution in [0.4, 0.5) is 5.69 Å². The number of carbonyl (C=O) groups excluding carboxylic acids is 2. The van der Waals surface area contributed by atoms with Gasteiger partial charge >= 0.3 is 0 Å². The van der Waals surface area contributed by atoms with Crippen LogP contribution in [0.5, 0.6) is 0 Å². The maximum absolute atomic E-state index is 12.5. The highest BCUT2D eigenvalue weighted by molar-refractivity contribution is 6.00. The summed E-state index contributed by atoms with van der Waals surface area (Å²) in [5, 5.41) is 0. The number of hydrogen-bond donors (Lipinski definition) is 0. The van der Waals surface area contributed by atoms with E-state index in [0.29, 0.717) is 6.42 Å². The van der Waals surface area contributed by atoms with E-state index in [9.17, 15) is 9.59 Å². The Morgan fingerprint density at radius 1 is 1.05 bits per heavy atom. The van der Waals surface area contributed by atoms with Gasteiger partial charge in [-0.3, -0.25) is 9.59 Å². The minimum Gasteiger partial charge on any atom is -0.342 e. The highest BCUT2D eigenvalue weighted by Gasteiger charge is 2.50. The van der Waals surface area contributed by atoms with E-state index in [4.69, 9.17) is 0 Å². The molecule has 2 amide bonds. The van der Waals surface area contributed by atoms with Crippen molar-refractivity contribution < 1.29 is 9.59 Å². The Hall–Kier alpha value is -1.84. The number of para-hydroxylation sites is 1. The summed E-state index contributed by atoms with van der Waals surface area (Å²) < 4.78 is 0. The lowest BCUT2D eigenvalue weighted by molar-refractivity contribution is -0.135. The van der Waals surface area contributed by atoms with Crippen LogP contribution in [-0.4, -0.2) is 36.9 Å². The number of piperidine rings is 1. The zero-order chi connectivity index (χ0) is 14.8. The molecule has 0 radical (unpaired) electrons. The molecule has 1 aromatic rings. The van der Waals surface area contributed by atoms with Crippen LogP contribution in [0.2, 0.25) is 0 Å². The number of likely N-dealkylation sites (tertiary alicyclic amines) is 1. The first-order valence-electron chi connectivity index (χ1n) is 7.80. The van der Waals surface area contributed by atoms with Crippen molar-refractivity contribution >= 4 is 17.5 Å². The van der Waals surface area contributed by atoms with E-state index in [1.165, 1.54) is 6.42 Å². The van der Waals surface area contributed by atoms with Crippen LogP contribution in [0.15, 0.2) is 30.3 Å². The third kappa shape index (κ3) is 2.94. The molecule has 2 fully saturated rings. The molecule has 2 unspecified atom stereocenters. The summed E-state index contributed by atoms with van der Waals surface area (Å²) in [5.74, 6) is 0.0532. The number of amides is 2. The highest BCUT2D eigenvalue weighted by atomic mass is 16.2. The molecule has 0 N–H and O–H groups in total. The number of nitrogens with zero attached hydrogens (tertiary/aromatic N) is 2. The molecule has 1 heterocycles. The van der Waals surface area contributed by atoms with Crippen LogP contribution < -0.4 is 4.90 Å². The van der Waals surface area contributed by atoms with E-state index in [-0.39, 0.29) is 23.7 Å². The largest absolute Gasteiger partial charge is 0.342 e. The van der Waals surface area contributed by atoms with Crippen molar-refractivity contribution in [3.63, 3.8) is 0 Å². The van der Waals surface area contributed by atoms with Gasteiger partial charge in [0.1, 0.15) is 0 Å². The van der Waals surface area contributed by atoms with Crippen LogP contribution in [-0.2, 0) is 9.59 Å². The van der Waals surface area contributed by atoms with Crippen LogP contribution in [0.3, 0.4) is 0 Å². The minimum atomic E-state index is -0.121. The summed E-state index contributed by atoms with van der Waals surface area (Å²) in [6, 6.07) is 9.61. The molecule has 112 valence electrons. The Labute approximate surface area is 125 Å². The molecular formula is C17H22N2O2. The Morgan fingerprint density at radius 3 is 2.38 bits per heavy atom. The number of benzene rings is 1. The van der Waals surface area contributed by atoms with Crippen molar-refractivity contribution in [2.24, 2.45) is 11.8 Å². The van der Waals surface area contributed by atoms with E-state index < -0.39 is 0 Å². The molecule has 1 saturated heterocycles. The molecule has 2 aliphatic rings. The van der Waals surface area contributed by atoms with Crippen LogP contribution in [0, 0.1) is 11.8 Å². The van der Waals surface area contributed by atoms with Gasteiger partial charge in [-0.15, -0.1) is 0 Å². The molecule has 3 rings (SSSR count). The minimum absolute atomic E-state index is 0.0663. The Kier molecular flexibility index (Phi) is 3.95. The van der Waals surface area contributed by atoms with Gasteiger partial charge in [0.05, 0.1) is 11.8 Å². The Balaban J connectivity index is 1.59. The maximum atomic E-state index is 12.5. The molecule has 0 aromatic heterocycles. The number of carbonyl (C=O) groups is 2. The van der Waals surface area contributed by atoms with E-state index in [1.807, 2.05) is 35.2 Å². The summed E-state index contributed by atoms with van der Waals surface area (Å²) in [6.07, 6.45) is 4.13. The highest BCUT2D eigenvalue weighted by Crippen LogP contribution is 2.42. The molecule has 1 aliphatic carbocycles. The molecule has 1 aliphatic heterocycles. The van der Waals surface area contributed by atoms with E-state index >= 15 is 0 Å². The normalized spacial score (nSPS) is 24.5. The third-order valence-electron chi connectivity index (χ3n) is 4.57. The van der Waals surface area contributed by atoms with Crippen LogP contribution in [0.25, 0.3) is 0 Å². The second kappa shape index (κ2) is 5.88. The summed E-state index contributed by atoms with van der Waals surface area (Å²) in [5.41, 5.74) is 0.888. The smallest absolute Gasteiger partial charge is 0.230 e. The Bertz CT molecular complexity index is 523. The zero-order valence-electron chi connectivity index (χ0n) is 12.5. The second-order valence-electron chi connectivity index (χ2n) is 6.07. The molecule has 0 bridgehead atoms. The van der Waals surface area contributed by atoms with Gasteiger partial charge in [0.15, 0.2) is 0 Å². The van der Waals surface area contributed by atoms with Gasteiger partial charge in [-0.1, -0.05) is 18.2 Å². The number of anilines is 1. The molecule has 1 aromatic carbocycles. The molecule has 21 heavy (non-hydrogen) atoms. The summed E-state index contributed by atoms with van der Waals surface area (Å²) in [4.78, 5) is 28.5. The van der Waals surface area contributed by atoms with Crippen molar-refractivity contribution in [2.75, 3.05) is 25.0 Å². The fourth-order valence-electron chi connectivity index (χ4n) is 3.12. The third-order valence-corrected chi connectivity index (χ3v) is 4.57. The quantitative estimate of drug-likeness (QED) is 0.855. The molecule has 4 nitrogen and oxygen atoms in total. The SMILES string of the molecule is CN(C(=O)C1CC1C(=O)N1CCCCC1)c1ccccc1. The average Bonchev–Trinajstić information content (AvgIpc) is 3.35. The fraction of sp³-hybridized carbons (Fsp3) is 0.529. The summed E-state index contributed by atoms with van der Waals surface area (Å²) in [7, 11) is 1.79. The van der Waals surface area contributed by atoms with Crippen LogP contribution >= 0.6 is 0 Å². The summed E-state index contributed by atoms with van der Waals surface area (Å²) in [6.45, 7) is 1.73. The van der Waals surface area contributed by atoms with E-state index in [1.54, 1.807) is 11.9 Å². The maximum Gasteiger partial charge on any atom is 0.230 e. The van der Waals surface area contributed by atoms with Gasteiger partial charge in [0.25, 0.3) is 0 Å². The van der Waals surface area contributed by atoms with Crippen molar-refractivity contribution in [1.82, 2.24) is 4.90 Å². The molecule has 1 saturated carbocycles. The molecule has 4 heteroatoms. The lowest BCUT2D eigenvalue weighted by Gasteiger charge is -2.27. The lowest BCUT2D eigenvalue weighted by atomic mass is 10.1. The van der Waals surface area contributed by atoms with Gasteiger partial charge in [-0.05, 0) is 37.8 Å². The van der Waals surface area contributed by atoms with Crippen LogP contribution in [0.1, 0.15) is 25.7 Å². The number of rotatable bonds is 3. The van der Waals surface area contributed by atoms with E-state index in [0.717, 1.165) is 31.6 Å². The fourth-order valence-corrected chi connectivity index (χ4v) is 3.12. The van der Waals surface area contributed by atoms with Gasteiger partial charge in [0.2, 0.25) is 11.8 Å². The monoisotopic (exact) mass is 286 g/mol. The average molecular weight is 286 g/mol. The van der Waals surface area contributed by atoms with Gasteiger partial charge in [-0.2, -0.15) is 0 Å². The first-order valence-corrected chi connectivity index (χ1v) is 7.80. The lowest BCUT2D eigenvalue weighted by Crippen LogP contribution is -2.38. The van der Waals surface area contributed by atoms with E-state index in [2.05, 4.69) is 0 Å².